The highest BCUT2D eigenvalue weighted by Gasteiger charge is 2.05. The number of benzene rings is 1. The van der Waals surface area contributed by atoms with Gasteiger partial charge in [-0.15, -0.1) is 0 Å². The van der Waals surface area contributed by atoms with Crippen molar-refractivity contribution in [3.8, 4) is 11.8 Å². The minimum absolute atomic E-state index is 0.217. The average molecular weight is 308 g/mol. The van der Waals surface area contributed by atoms with Crippen LogP contribution in [0.1, 0.15) is 11.1 Å². The van der Waals surface area contributed by atoms with Crippen LogP contribution in [0.2, 0.25) is 0 Å². The lowest BCUT2D eigenvalue weighted by molar-refractivity contribution is 0.880. The van der Waals surface area contributed by atoms with E-state index in [0.717, 1.165) is 17.0 Å². The summed E-state index contributed by atoms with van der Waals surface area (Å²) in [5.74, 6) is 0.944. The molecule has 2 N–H and O–H groups in total. The van der Waals surface area contributed by atoms with Crippen LogP contribution in [0.5, 0.6) is 0 Å². The SMILES string of the molecule is N#Cc1cnc(SCc2ccc(-n3cccn3)cc2)nc1N. The number of nitrogens with two attached hydrogens (primary N) is 1. The van der Waals surface area contributed by atoms with Crippen LogP contribution in [-0.4, -0.2) is 19.7 Å². The molecule has 6 nitrogen and oxygen atoms in total. The predicted octanol–water partition coefficient (Wildman–Crippen LogP) is 2.41. The summed E-state index contributed by atoms with van der Waals surface area (Å²) < 4.78 is 1.81. The van der Waals surface area contributed by atoms with Gasteiger partial charge in [0.05, 0.1) is 11.9 Å². The first-order valence-corrected chi connectivity index (χ1v) is 7.49. The molecule has 0 bridgehead atoms. The highest BCUT2D eigenvalue weighted by Crippen LogP contribution is 2.21. The van der Waals surface area contributed by atoms with E-state index in [0.29, 0.717) is 10.7 Å². The molecule has 22 heavy (non-hydrogen) atoms. The largest absolute Gasteiger partial charge is 0.382 e. The minimum Gasteiger partial charge on any atom is -0.382 e. The number of hydrogen-bond acceptors (Lipinski definition) is 6. The first kappa shape index (κ1) is 14.1. The number of nitrogens with zero attached hydrogens (tertiary/aromatic N) is 5. The molecule has 0 unspecified atom stereocenters. The van der Waals surface area contributed by atoms with Crippen molar-refractivity contribution in [2.24, 2.45) is 0 Å². The summed E-state index contributed by atoms with van der Waals surface area (Å²) in [6, 6.07) is 11.9. The summed E-state index contributed by atoms with van der Waals surface area (Å²) in [7, 11) is 0. The summed E-state index contributed by atoms with van der Waals surface area (Å²) in [6.07, 6.45) is 5.10. The number of thioether (sulfide) groups is 1. The van der Waals surface area contributed by atoms with Crippen LogP contribution < -0.4 is 5.73 Å². The average Bonchev–Trinajstić information content (AvgIpc) is 3.08. The highest BCUT2D eigenvalue weighted by molar-refractivity contribution is 7.98. The van der Waals surface area contributed by atoms with Crippen LogP contribution in [0.3, 0.4) is 0 Å². The van der Waals surface area contributed by atoms with Crippen molar-refractivity contribution in [3.05, 3.63) is 60.0 Å². The van der Waals surface area contributed by atoms with Crippen LogP contribution in [0.4, 0.5) is 5.82 Å². The minimum atomic E-state index is 0.217. The van der Waals surface area contributed by atoms with Crippen molar-refractivity contribution in [2.75, 3.05) is 5.73 Å². The summed E-state index contributed by atoms with van der Waals surface area (Å²) in [6.45, 7) is 0. The number of nitrogen functional groups attached to an aromatic ring is 1. The molecule has 2 heterocycles. The van der Waals surface area contributed by atoms with Crippen LogP contribution in [0, 0.1) is 11.3 Å². The monoisotopic (exact) mass is 308 g/mol. The zero-order chi connectivity index (χ0) is 15.4. The molecule has 3 rings (SSSR count). The van der Waals surface area contributed by atoms with Gasteiger partial charge in [-0.25, -0.2) is 14.6 Å². The summed E-state index contributed by atoms with van der Waals surface area (Å²) in [5.41, 5.74) is 8.13. The molecular weight excluding hydrogens is 296 g/mol. The Morgan fingerprint density at radius 1 is 1.27 bits per heavy atom. The highest BCUT2D eigenvalue weighted by atomic mass is 32.2. The van der Waals surface area contributed by atoms with Crippen molar-refractivity contribution in [2.45, 2.75) is 10.9 Å². The van der Waals surface area contributed by atoms with Crippen molar-refractivity contribution < 1.29 is 0 Å². The summed E-state index contributed by atoms with van der Waals surface area (Å²) in [5, 5.41) is 13.5. The van der Waals surface area contributed by atoms with E-state index in [2.05, 4.69) is 15.1 Å². The molecule has 2 aromatic heterocycles. The molecule has 0 amide bonds. The van der Waals surface area contributed by atoms with E-state index in [9.17, 15) is 0 Å². The van der Waals surface area contributed by atoms with Gasteiger partial charge < -0.3 is 5.73 Å². The second-order valence-corrected chi connectivity index (χ2v) is 5.41. The third-order valence-corrected chi connectivity index (χ3v) is 3.92. The van der Waals surface area contributed by atoms with Crippen LogP contribution in [0.25, 0.3) is 5.69 Å². The van der Waals surface area contributed by atoms with Gasteiger partial charge in [0.1, 0.15) is 17.5 Å². The second kappa shape index (κ2) is 6.28. The smallest absolute Gasteiger partial charge is 0.189 e. The Morgan fingerprint density at radius 2 is 2.09 bits per heavy atom. The lowest BCUT2D eigenvalue weighted by Gasteiger charge is -2.04. The Labute approximate surface area is 131 Å². The van der Waals surface area contributed by atoms with E-state index in [4.69, 9.17) is 11.0 Å². The lowest BCUT2D eigenvalue weighted by Crippen LogP contribution is -1.98. The topological polar surface area (TPSA) is 93.4 Å². The molecule has 0 saturated carbocycles. The van der Waals surface area contributed by atoms with Gasteiger partial charge in [-0.2, -0.15) is 10.4 Å². The fraction of sp³-hybridized carbons (Fsp3) is 0.0667. The van der Waals surface area contributed by atoms with Gasteiger partial charge in [-0.05, 0) is 23.8 Å². The molecule has 0 spiro atoms. The Balaban J connectivity index is 1.67. The molecule has 1 aromatic carbocycles. The van der Waals surface area contributed by atoms with Gasteiger partial charge >= 0.3 is 0 Å². The third kappa shape index (κ3) is 3.07. The van der Waals surface area contributed by atoms with E-state index in [1.165, 1.54) is 18.0 Å². The fourth-order valence-corrected chi connectivity index (χ4v) is 2.63. The van der Waals surface area contributed by atoms with Gasteiger partial charge in [0.25, 0.3) is 0 Å². The molecule has 0 aliphatic rings. The normalized spacial score (nSPS) is 10.3. The molecular formula is C15H12N6S. The molecule has 0 atom stereocenters. The van der Waals surface area contributed by atoms with Crippen molar-refractivity contribution in [3.63, 3.8) is 0 Å². The maximum Gasteiger partial charge on any atom is 0.189 e. The van der Waals surface area contributed by atoms with Crippen molar-refractivity contribution >= 4 is 17.6 Å². The van der Waals surface area contributed by atoms with Crippen LogP contribution in [-0.2, 0) is 5.75 Å². The van der Waals surface area contributed by atoms with E-state index >= 15 is 0 Å². The van der Waals surface area contributed by atoms with Crippen LogP contribution >= 0.6 is 11.8 Å². The number of aromatic nitrogens is 4. The van der Waals surface area contributed by atoms with Crippen molar-refractivity contribution in [1.29, 1.82) is 5.26 Å². The number of hydrogen-bond donors (Lipinski definition) is 1. The van der Waals surface area contributed by atoms with Gasteiger partial charge in [-0.1, -0.05) is 23.9 Å². The maximum atomic E-state index is 8.80. The number of rotatable bonds is 4. The molecule has 0 aliphatic carbocycles. The van der Waals surface area contributed by atoms with Gasteiger partial charge in [-0.3, -0.25) is 0 Å². The second-order valence-electron chi connectivity index (χ2n) is 4.47. The summed E-state index contributed by atoms with van der Waals surface area (Å²) >= 11 is 1.48. The van der Waals surface area contributed by atoms with Gasteiger partial charge in [0, 0.05) is 18.1 Å². The van der Waals surface area contributed by atoms with E-state index in [-0.39, 0.29) is 5.82 Å². The molecule has 0 radical (unpaired) electrons. The first-order valence-electron chi connectivity index (χ1n) is 6.50. The molecule has 0 fully saturated rings. The Kier molecular flexibility index (Phi) is 4.03. The fourth-order valence-electron chi connectivity index (χ4n) is 1.85. The molecule has 0 saturated heterocycles. The number of nitriles is 1. The predicted molar refractivity (Wildman–Crippen MR) is 84.3 cm³/mol. The molecule has 7 heteroatoms. The van der Waals surface area contributed by atoms with E-state index in [1.807, 2.05) is 42.6 Å². The van der Waals surface area contributed by atoms with Crippen molar-refractivity contribution in [1.82, 2.24) is 19.7 Å². The van der Waals surface area contributed by atoms with E-state index < -0.39 is 0 Å². The standard InChI is InChI=1S/C15H12N6S/c16-8-12-9-18-15(20-14(12)17)22-10-11-2-4-13(5-3-11)21-7-1-6-19-21/h1-7,9H,10H2,(H2,17,18,20). The van der Waals surface area contributed by atoms with Gasteiger partial charge in [0.2, 0.25) is 0 Å². The molecule has 0 aliphatic heterocycles. The third-order valence-electron chi connectivity index (χ3n) is 2.99. The molecule has 3 aromatic rings. The lowest BCUT2D eigenvalue weighted by atomic mass is 10.2. The Morgan fingerprint density at radius 3 is 2.73 bits per heavy atom. The van der Waals surface area contributed by atoms with E-state index in [1.54, 1.807) is 10.9 Å². The quantitative estimate of drug-likeness (QED) is 0.587. The Bertz CT molecular complexity index is 805. The summed E-state index contributed by atoms with van der Waals surface area (Å²) in [4.78, 5) is 8.23. The Hall–Kier alpha value is -2.85. The zero-order valence-corrected chi connectivity index (χ0v) is 12.4. The van der Waals surface area contributed by atoms with Crippen LogP contribution in [0.15, 0.2) is 54.1 Å². The molecule has 108 valence electrons. The zero-order valence-electron chi connectivity index (χ0n) is 11.5. The first-order chi connectivity index (χ1) is 10.8. The maximum absolute atomic E-state index is 8.80. The van der Waals surface area contributed by atoms with Gasteiger partial charge in [0.15, 0.2) is 5.16 Å². The number of anilines is 1.